The first-order valence-corrected chi connectivity index (χ1v) is 9.63. The zero-order valence-corrected chi connectivity index (χ0v) is 15.3. The van der Waals surface area contributed by atoms with Gasteiger partial charge in [0.2, 0.25) is 5.91 Å². The van der Waals surface area contributed by atoms with Gasteiger partial charge in [-0.2, -0.15) is 5.10 Å². The number of hydrogen-bond acceptors (Lipinski definition) is 5. The molecule has 0 aromatic carbocycles. The van der Waals surface area contributed by atoms with Crippen molar-refractivity contribution in [3.8, 4) is 0 Å². The van der Waals surface area contributed by atoms with Crippen molar-refractivity contribution < 1.29 is 14.1 Å². The first-order valence-electron chi connectivity index (χ1n) is 9.63. The molecule has 5 rings (SSSR count). The molecule has 8 heteroatoms. The molecular formula is C19H23N5O3. The second kappa shape index (κ2) is 6.21. The smallest absolute Gasteiger partial charge is 0.259 e. The number of nitrogens with one attached hydrogen (secondary N) is 1. The van der Waals surface area contributed by atoms with Gasteiger partial charge in [0, 0.05) is 49.8 Å². The van der Waals surface area contributed by atoms with Crippen LogP contribution in [-0.4, -0.2) is 50.8 Å². The molecule has 0 bridgehead atoms. The van der Waals surface area contributed by atoms with Crippen molar-refractivity contribution in [2.75, 3.05) is 13.1 Å². The molecule has 0 unspecified atom stereocenters. The molecule has 2 aromatic rings. The first kappa shape index (κ1) is 16.5. The lowest BCUT2D eigenvalue weighted by molar-refractivity contribution is -0.123. The van der Waals surface area contributed by atoms with Gasteiger partial charge in [0.15, 0.2) is 0 Å². The predicted molar refractivity (Wildman–Crippen MR) is 95.0 cm³/mol. The molecule has 1 saturated heterocycles. The molecule has 2 saturated carbocycles. The van der Waals surface area contributed by atoms with E-state index < -0.39 is 0 Å². The van der Waals surface area contributed by atoms with E-state index in [4.69, 9.17) is 4.52 Å². The maximum absolute atomic E-state index is 13.1. The van der Waals surface area contributed by atoms with Gasteiger partial charge in [-0.3, -0.25) is 14.3 Å². The SMILES string of the molecule is Cn1nccc1[C@@H]1CN(C(=O)c2conc2C2CC2)C[C@H]1NC(=O)C1CC1. The average molecular weight is 369 g/mol. The fraction of sp³-hybridized carbons (Fsp3) is 0.579. The highest BCUT2D eigenvalue weighted by Gasteiger charge is 2.42. The zero-order valence-electron chi connectivity index (χ0n) is 15.3. The fourth-order valence-electron chi connectivity index (χ4n) is 4.04. The Morgan fingerprint density at radius 3 is 2.70 bits per heavy atom. The highest BCUT2D eigenvalue weighted by Crippen LogP contribution is 2.41. The Kier molecular flexibility index (Phi) is 3.80. The van der Waals surface area contributed by atoms with Gasteiger partial charge >= 0.3 is 0 Å². The van der Waals surface area contributed by atoms with E-state index in [0.717, 1.165) is 37.1 Å². The number of carbonyl (C=O) groups excluding carboxylic acids is 2. The van der Waals surface area contributed by atoms with Crippen molar-refractivity contribution in [1.29, 1.82) is 0 Å². The summed E-state index contributed by atoms with van der Waals surface area (Å²) in [6, 6.07) is 1.85. The summed E-state index contributed by atoms with van der Waals surface area (Å²) in [5.41, 5.74) is 2.37. The molecule has 0 spiro atoms. The van der Waals surface area contributed by atoms with Crippen LogP contribution < -0.4 is 5.32 Å². The van der Waals surface area contributed by atoms with Crippen LogP contribution in [0.3, 0.4) is 0 Å². The predicted octanol–water partition coefficient (Wildman–Crippen LogP) is 1.42. The summed E-state index contributed by atoms with van der Waals surface area (Å²) in [7, 11) is 1.89. The van der Waals surface area contributed by atoms with E-state index in [0.29, 0.717) is 24.6 Å². The van der Waals surface area contributed by atoms with Crippen LogP contribution in [0.1, 0.15) is 59.3 Å². The Morgan fingerprint density at radius 1 is 1.22 bits per heavy atom. The first-order chi connectivity index (χ1) is 13.1. The third-order valence-electron chi connectivity index (χ3n) is 5.91. The van der Waals surface area contributed by atoms with Crippen LogP contribution in [0.4, 0.5) is 0 Å². The van der Waals surface area contributed by atoms with E-state index in [1.807, 2.05) is 22.7 Å². The molecule has 3 fully saturated rings. The molecule has 27 heavy (non-hydrogen) atoms. The lowest BCUT2D eigenvalue weighted by Crippen LogP contribution is -2.41. The molecule has 8 nitrogen and oxygen atoms in total. The third kappa shape index (κ3) is 3.02. The van der Waals surface area contributed by atoms with Gasteiger partial charge in [-0.25, -0.2) is 0 Å². The van der Waals surface area contributed by atoms with E-state index in [1.54, 1.807) is 6.20 Å². The largest absolute Gasteiger partial charge is 0.364 e. The van der Waals surface area contributed by atoms with Crippen molar-refractivity contribution in [1.82, 2.24) is 25.2 Å². The van der Waals surface area contributed by atoms with Gasteiger partial charge in [0.25, 0.3) is 5.91 Å². The van der Waals surface area contributed by atoms with Crippen LogP contribution >= 0.6 is 0 Å². The Labute approximate surface area is 156 Å². The number of nitrogens with zero attached hydrogens (tertiary/aromatic N) is 4. The van der Waals surface area contributed by atoms with Crippen molar-refractivity contribution in [2.45, 2.75) is 43.6 Å². The summed E-state index contributed by atoms with van der Waals surface area (Å²) in [4.78, 5) is 27.3. The van der Waals surface area contributed by atoms with Gasteiger partial charge in [-0.05, 0) is 31.7 Å². The van der Waals surface area contributed by atoms with Crippen molar-refractivity contribution in [3.05, 3.63) is 35.5 Å². The minimum absolute atomic E-state index is 0.0217. The van der Waals surface area contributed by atoms with Crippen LogP contribution in [0.25, 0.3) is 0 Å². The topological polar surface area (TPSA) is 93.3 Å². The maximum Gasteiger partial charge on any atom is 0.259 e. The van der Waals surface area contributed by atoms with Crippen molar-refractivity contribution >= 4 is 11.8 Å². The maximum atomic E-state index is 13.1. The fourth-order valence-corrected chi connectivity index (χ4v) is 4.04. The molecule has 1 aliphatic heterocycles. The summed E-state index contributed by atoms with van der Waals surface area (Å²) in [5.74, 6) is 0.553. The molecule has 1 N–H and O–H groups in total. The lowest BCUT2D eigenvalue weighted by atomic mass is 9.99. The molecule has 2 aromatic heterocycles. The normalized spacial score (nSPS) is 25.0. The van der Waals surface area contributed by atoms with E-state index in [9.17, 15) is 9.59 Å². The standard InChI is InChI=1S/C19H23N5O3/c1-23-16(6-7-20-23)13-8-24(9-15(13)21-18(25)12-4-5-12)19(26)14-10-27-22-17(14)11-2-3-11/h6-7,10-13,15H,2-5,8-9H2,1H3,(H,21,25)/t13-,15-/m1/s1. The van der Waals surface area contributed by atoms with Crippen LogP contribution in [-0.2, 0) is 11.8 Å². The van der Waals surface area contributed by atoms with Crippen LogP contribution in [0, 0.1) is 5.92 Å². The summed E-state index contributed by atoms with van der Waals surface area (Å²) >= 11 is 0. The number of rotatable bonds is 5. The van der Waals surface area contributed by atoms with Crippen LogP contribution in [0.5, 0.6) is 0 Å². The van der Waals surface area contributed by atoms with E-state index in [1.165, 1.54) is 6.26 Å². The molecule has 2 atom stereocenters. The van der Waals surface area contributed by atoms with Gasteiger partial charge in [0.1, 0.15) is 11.8 Å². The van der Waals surface area contributed by atoms with Crippen molar-refractivity contribution in [2.24, 2.45) is 13.0 Å². The zero-order chi connectivity index (χ0) is 18.5. The van der Waals surface area contributed by atoms with Gasteiger partial charge < -0.3 is 14.7 Å². The van der Waals surface area contributed by atoms with Crippen molar-refractivity contribution in [3.63, 3.8) is 0 Å². The number of amides is 2. The number of hydrogen-bond donors (Lipinski definition) is 1. The van der Waals surface area contributed by atoms with E-state index in [-0.39, 0.29) is 29.7 Å². The lowest BCUT2D eigenvalue weighted by Gasteiger charge is -2.19. The number of aromatic nitrogens is 3. The van der Waals surface area contributed by atoms with Gasteiger partial charge in [-0.15, -0.1) is 0 Å². The second-order valence-electron chi connectivity index (χ2n) is 7.97. The molecule has 3 aliphatic rings. The minimum atomic E-state index is -0.110. The number of likely N-dealkylation sites (tertiary alicyclic amines) is 1. The Hall–Kier alpha value is -2.64. The molecule has 142 valence electrons. The molecule has 3 heterocycles. The molecule has 2 amide bonds. The van der Waals surface area contributed by atoms with E-state index >= 15 is 0 Å². The molecule has 2 aliphatic carbocycles. The Balaban J connectivity index is 1.39. The third-order valence-corrected chi connectivity index (χ3v) is 5.91. The Bertz CT molecular complexity index is 880. The summed E-state index contributed by atoms with van der Waals surface area (Å²) < 4.78 is 6.92. The highest BCUT2D eigenvalue weighted by atomic mass is 16.5. The number of carbonyl (C=O) groups is 2. The summed E-state index contributed by atoms with van der Waals surface area (Å²) in [6.45, 7) is 1.03. The monoisotopic (exact) mass is 369 g/mol. The van der Waals surface area contributed by atoms with Crippen LogP contribution in [0.15, 0.2) is 23.0 Å². The van der Waals surface area contributed by atoms with Gasteiger partial charge in [0.05, 0.1) is 11.7 Å². The summed E-state index contributed by atoms with van der Waals surface area (Å²) in [5, 5.41) is 11.5. The van der Waals surface area contributed by atoms with E-state index in [2.05, 4.69) is 15.6 Å². The minimum Gasteiger partial charge on any atom is -0.364 e. The average Bonchev–Trinajstić information content (AvgIpc) is 3.56. The second-order valence-corrected chi connectivity index (χ2v) is 7.97. The quantitative estimate of drug-likeness (QED) is 0.860. The highest BCUT2D eigenvalue weighted by molar-refractivity contribution is 5.95. The summed E-state index contributed by atoms with van der Waals surface area (Å²) in [6.07, 6.45) is 7.26. The molecular weight excluding hydrogens is 346 g/mol. The molecule has 0 radical (unpaired) electrons. The number of aryl methyl sites for hydroxylation is 1. The Morgan fingerprint density at radius 2 is 2.04 bits per heavy atom. The van der Waals surface area contributed by atoms with Gasteiger partial charge in [-0.1, -0.05) is 5.16 Å². The van der Waals surface area contributed by atoms with Crippen LogP contribution in [0.2, 0.25) is 0 Å².